The van der Waals surface area contributed by atoms with Crippen LogP contribution in [0.3, 0.4) is 0 Å². The molecule has 114 valence electrons. The molecule has 1 amide bonds. The monoisotopic (exact) mass is 293 g/mol. The van der Waals surface area contributed by atoms with Gasteiger partial charge >= 0.3 is 0 Å². The third-order valence-electron chi connectivity index (χ3n) is 2.93. The molecule has 0 saturated heterocycles. The number of amides is 1. The maximum atomic E-state index is 12.2. The molecule has 2 heterocycles. The first-order chi connectivity index (χ1) is 10.0. The van der Waals surface area contributed by atoms with Crippen molar-refractivity contribution in [2.45, 2.75) is 13.2 Å². The van der Waals surface area contributed by atoms with Gasteiger partial charge in [-0.1, -0.05) is 0 Å². The Labute approximate surface area is 122 Å². The molecule has 0 aliphatic carbocycles. The molecule has 0 aliphatic rings. The van der Waals surface area contributed by atoms with Crippen LogP contribution < -0.4 is 10.1 Å². The van der Waals surface area contributed by atoms with Gasteiger partial charge in [0.2, 0.25) is 5.88 Å². The van der Waals surface area contributed by atoms with Crippen molar-refractivity contribution in [1.82, 2.24) is 24.9 Å². The summed E-state index contributed by atoms with van der Waals surface area (Å²) in [5.41, 5.74) is 1.92. The Hall–Kier alpha value is -2.35. The molecule has 0 unspecified atom stereocenters. The lowest BCUT2D eigenvalue weighted by atomic mass is 10.2. The highest BCUT2D eigenvalue weighted by Crippen LogP contribution is 2.15. The van der Waals surface area contributed by atoms with Crippen LogP contribution in [0.2, 0.25) is 0 Å². The summed E-state index contributed by atoms with van der Waals surface area (Å²) in [6.45, 7) is 0.622. The van der Waals surface area contributed by atoms with Crippen molar-refractivity contribution < 1.29 is 14.3 Å². The molecule has 2 rings (SSSR count). The maximum Gasteiger partial charge on any atom is 0.255 e. The Morgan fingerprint density at radius 2 is 1.95 bits per heavy atom. The smallest absolute Gasteiger partial charge is 0.255 e. The molecule has 0 atom stereocenters. The van der Waals surface area contributed by atoms with Crippen molar-refractivity contribution in [3.05, 3.63) is 29.2 Å². The van der Waals surface area contributed by atoms with Crippen LogP contribution in [-0.2, 0) is 32.0 Å². The first-order valence-corrected chi connectivity index (χ1v) is 6.41. The van der Waals surface area contributed by atoms with Crippen LogP contribution in [0.4, 0.5) is 0 Å². The fourth-order valence-electron chi connectivity index (χ4n) is 2.05. The zero-order valence-corrected chi connectivity index (χ0v) is 12.6. The minimum absolute atomic E-state index is 0.207. The molecule has 0 saturated carbocycles. The highest BCUT2D eigenvalue weighted by molar-refractivity contribution is 5.95. The standard InChI is InChI=1S/C13H19N5O3/c1-17-6-9(13(16-17)21-4)5-14-12(19)10-7-18(2)15-11(10)8-20-3/h6-7H,5,8H2,1-4H3,(H,14,19). The minimum atomic E-state index is -0.207. The van der Waals surface area contributed by atoms with Gasteiger partial charge in [0.1, 0.15) is 5.69 Å². The Bertz CT molecular complexity index is 632. The van der Waals surface area contributed by atoms with Crippen LogP contribution in [0.5, 0.6) is 5.88 Å². The van der Waals surface area contributed by atoms with Gasteiger partial charge in [0.15, 0.2) is 0 Å². The number of hydrogen-bond donors (Lipinski definition) is 1. The number of nitrogens with zero attached hydrogens (tertiary/aromatic N) is 4. The van der Waals surface area contributed by atoms with E-state index in [1.165, 1.54) is 0 Å². The molecule has 2 aromatic rings. The van der Waals surface area contributed by atoms with E-state index in [-0.39, 0.29) is 5.91 Å². The van der Waals surface area contributed by atoms with Crippen LogP contribution >= 0.6 is 0 Å². The van der Waals surface area contributed by atoms with Gasteiger partial charge in [0.05, 0.1) is 31.4 Å². The molecule has 0 aliphatic heterocycles. The van der Waals surface area contributed by atoms with Crippen molar-refractivity contribution in [1.29, 1.82) is 0 Å². The van der Waals surface area contributed by atoms with E-state index in [1.807, 2.05) is 0 Å². The van der Waals surface area contributed by atoms with Crippen molar-refractivity contribution in [3.8, 4) is 5.88 Å². The van der Waals surface area contributed by atoms with Crippen LogP contribution in [0.25, 0.3) is 0 Å². The summed E-state index contributed by atoms with van der Waals surface area (Å²) in [6.07, 6.45) is 3.47. The Morgan fingerprint density at radius 1 is 1.24 bits per heavy atom. The Kier molecular flexibility index (Phi) is 4.59. The maximum absolute atomic E-state index is 12.2. The number of aryl methyl sites for hydroxylation is 2. The number of hydrogen-bond acceptors (Lipinski definition) is 5. The summed E-state index contributed by atoms with van der Waals surface area (Å²) in [5, 5.41) is 11.2. The quantitative estimate of drug-likeness (QED) is 0.825. The highest BCUT2D eigenvalue weighted by Gasteiger charge is 2.16. The molecule has 0 bridgehead atoms. The van der Waals surface area contributed by atoms with Crippen LogP contribution in [0.1, 0.15) is 21.6 Å². The third kappa shape index (κ3) is 3.40. The number of methoxy groups -OCH3 is 2. The molecule has 0 fully saturated rings. The van der Waals surface area contributed by atoms with Gasteiger partial charge in [0.25, 0.3) is 5.91 Å². The topological polar surface area (TPSA) is 83.2 Å². The predicted molar refractivity (Wildman–Crippen MR) is 74.9 cm³/mol. The molecule has 2 aromatic heterocycles. The molecule has 8 heteroatoms. The van der Waals surface area contributed by atoms with Gasteiger partial charge in [0, 0.05) is 33.6 Å². The largest absolute Gasteiger partial charge is 0.480 e. The summed E-state index contributed by atoms with van der Waals surface area (Å²) < 4.78 is 13.4. The number of ether oxygens (including phenoxy) is 2. The van der Waals surface area contributed by atoms with E-state index < -0.39 is 0 Å². The molecule has 0 radical (unpaired) electrons. The fourth-order valence-corrected chi connectivity index (χ4v) is 2.05. The minimum Gasteiger partial charge on any atom is -0.480 e. The molecular formula is C13H19N5O3. The zero-order valence-electron chi connectivity index (χ0n) is 12.6. The number of nitrogens with one attached hydrogen (secondary N) is 1. The predicted octanol–water partition coefficient (Wildman–Crippen LogP) is 0.239. The molecule has 0 spiro atoms. The zero-order chi connectivity index (χ0) is 15.4. The van der Waals surface area contributed by atoms with E-state index >= 15 is 0 Å². The second-order valence-electron chi connectivity index (χ2n) is 4.62. The third-order valence-corrected chi connectivity index (χ3v) is 2.93. The second-order valence-corrected chi connectivity index (χ2v) is 4.62. The van der Waals surface area contributed by atoms with Crippen LogP contribution in [0, 0.1) is 0 Å². The molecule has 21 heavy (non-hydrogen) atoms. The first-order valence-electron chi connectivity index (χ1n) is 6.41. The van der Waals surface area contributed by atoms with Crippen molar-refractivity contribution >= 4 is 5.91 Å². The number of carbonyl (C=O) groups is 1. The normalized spacial score (nSPS) is 10.7. The summed E-state index contributed by atoms with van der Waals surface area (Å²) in [6, 6.07) is 0. The van der Waals surface area contributed by atoms with Gasteiger partial charge in [-0.2, -0.15) is 5.10 Å². The molecule has 1 N–H and O–H groups in total. The molecular weight excluding hydrogens is 274 g/mol. The second kappa shape index (κ2) is 6.40. The van der Waals surface area contributed by atoms with Crippen molar-refractivity contribution in [2.24, 2.45) is 14.1 Å². The lowest BCUT2D eigenvalue weighted by Crippen LogP contribution is -2.23. The van der Waals surface area contributed by atoms with Gasteiger partial charge < -0.3 is 14.8 Å². The molecule has 0 aromatic carbocycles. The molecule has 8 nitrogen and oxygen atoms in total. The van der Waals surface area contributed by atoms with Gasteiger partial charge in [-0.25, -0.2) is 0 Å². The van der Waals surface area contributed by atoms with Crippen LogP contribution in [-0.4, -0.2) is 39.7 Å². The van der Waals surface area contributed by atoms with E-state index in [9.17, 15) is 4.79 Å². The fraction of sp³-hybridized carbons (Fsp3) is 0.462. The van der Waals surface area contributed by atoms with E-state index in [4.69, 9.17) is 9.47 Å². The summed E-state index contributed by atoms with van der Waals surface area (Å²) >= 11 is 0. The van der Waals surface area contributed by atoms with E-state index in [2.05, 4.69) is 15.5 Å². The summed E-state index contributed by atoms with van der Waals surface area (Å²) in [5.74, 6) is 0.294. The van der Waals surface area contributed by atoms with Crippen molar-refractivity contribution in [2.75, 3.05) is 14.2 Å². The van der Waals surface area contributed by atoms with E-state index in [1.54, 1.807) is 50.1 Å². The van der Waals surface area contributed by atoms with Crippen molar-refractivity contribution in [3.63, 3.8) is 0 Å². The number of aromatic nitrogens is 4. The highest BCUT2D eigenvalue weighted by atomic mass is 16.5. The number of rotatable bonds is 6. The summed E-state index contributed by atoms with van der Waals surface area (Å²) in [7, 11) is 6.67. The van der Waals surface area contributed by atoms with Crippen LogP contribution in [0.15, 0.2) is 12.4 Å². The Balaban J connectivity index is 2.08. The average molecular weight is 293 g/mol. The van der Waals surface area contributed by atoms with Gasteiger partial charge in [-0.15, -0.1) is 5.10 Å². The van der Waals surface area contributed by atoms with Gasteiger partial charge in [-0.05, 0) is 0 Å². The lowest BCUT2D eigenvalue weighted by Gasteiger charge is -2.04. The number of carbonyl (C=O) groups excluding carboxylic acids is 1. The SMILES string of the molecule is COCc1nn(C)cc1C(=O)NCc1cn(C)nc1OC. The lowest BCUT2D eigenvalue weighted by molar-refractivity contribution is 0.0945. The summed E-state index contributed by atoms with van der Waals surface area (Å²) in [4.78, 5) is 12.2. The van der Waals surface area contributed by atoms with E-state index in [0.29, 0.717) is 30.3 Å². The van der Waals surface area contributed by atoms with Gasteiger partial charge in [-0.3, -0.25) is 14.2 Å². The first kappa shape index (κ1) is 15.0. The Morgan fingerprint density at radius 3 is 2.62 bits per heavy atom. The van der Waals surface area contributed by atoms with E-state index in [0.717, 1.165) is 5.56 Å². The average Bonchev–Trinajstić information content (AvgIpc) is 2.99.